The van der Waals surface area contributed by atoms with Crippen LogP contribution in [0.3, 0.4) is 0 Å². The maximum atomic E-state index is 11.3. The van der Waals surface area contributed by atoms with Crippen molar-refractivity contribution < 1.29 is 14.3 Å². The minimum Gasteiger partial charge on any atom is -0.450 e. The molecule has 5 heteroatoms. The third kappa shape index (κ3) is 5.92. The lowest BCUT2D eigenvalue weighted by molar-refractivity contribution is 0.137. The molecular weight excluding hydrogens is 208 g/mol. The molecule has 0 spiro atoms. The van der Waals surface area contributed by atoms with E-state index in [1.165, 1.54) is 0 Å². The molecular formula is C11H22N2O3. The summed E-state index contributed by atoms with van der Waals surface area (Å²) in [6.07, 6.45) is 1.39. The van der Waals surface area contributed by atoms with Gasteiger partial charge >= 0.3 is 6.09 Å². The molecule has 1 atom stereocenters. The zero-order chi connectivity index (χ0) is 11.8. The normalized spacial score (nSPS) is 20.1. The lowest BCUT2D eigenvalue weighted by atomic mass is 10.3. The van der Waals surface area contributed by atoms with Crippen molar-refractivity contribution in [3.63, 3.8) is 0 Å². The van der Waals surface area contributed by atoms with E-state index in [0.29, 0.717) is 19.3 Å². The van der Waals surface area contributed by atoms with Crippen LogP contribution in [0.2, 0.25) is 0 Å². The summed E-state index contributed by atoms with van der Waals surface area (Å²) < 4.78 is 10.2. The Labute approximate surface area is 96.9 Å². The van der Waals surface area contributed by atoms with E-state index in [2.05, 4.69) is 24.5 Å². The molecule has 0 radical (unpaired) electrons. The summed E-state index contributed by atoms with van der Waals surface area (Å²) in [6.45, 7) is 6.84. The molecule has 0 bridgehead atoms. The molecule has 5 nitrogen and oxygen atoms in total. The topological polar surface area (TPSA) is 59.6 Å². The molecule has 2 N–H and O–H groups in total. The van der Waals surface area contributed by atoms with Gasteiger partial charge in [0.05, 0.1) is 19.3 Å². The summed E-state index contributed by atoms with van der Waals surface area (Å²) in [6, 6.07) is 0.603. The molecule has 1 rings (SSSR count). The highest BCUT2D eigenvalue weighted by Gasteiger charge is 2.17. The Bertz CT molecular complexity index is 203. The molecule has 1 fully saturated rings. The monoisotopic (exact) mass is 230 g/mol. The first-order valence-electron chi connectivity index (χ1n) is 5.93. The number of nitrogens with one attached hydrogen (secondary N) is 2. The molecule has 1 amide bonds. The molecule has 0 aliphatic carbocycles. The minimum absolute atomic E-state index is 0.126. The van der Waals surface area contributed by atoms with Gasteiger partial charge in [-0.3, -0.25) is 0 Å². The molecule has 1 heterocycles. The van der Waals surface area contributed by atoms with Crippen LogP contribution >= 0.6 is 0 Å². The molecule has 16 heavy (non-hydrogen) atoms. The van der Waals surface area contributed by atoms with Gasteiger partial charge in [0.25, 0.3) is 0 Å². The number of alkyl carbamates (subject to hydrolysis) is 1. The average molecular weight is 230 g/mol. The number of carbonyl (C=O) groups is 1. The van der Waals surface area contributed by atoms with Crippen LogP contribution in [0.4, 0.5) is 4.79 Å². The van der Waals surface area contributed by atoms with E-state index in [0.717, 1.165) is 26.0 Å². The molecule has 94 valence electrons. The van der Waals surface area contributed by atoms with Crippen LogP contribution in [0.1, 0.15) is 26.7 Å². The fourth-order valence-electron chi connectivity index (χ4n) is 1.48. The van der Waals surface area contributed by atoms with Crippen LogP contribution in [0.25, 0.3) is 0 Å². The Morgan fingerprint density at radius 3 is 3.00 bits per heavy atom. The van der Waals surface area contributed by atoms with Crippen molar-refractivity contribution in [1.82, 2.24) is 10.6 Å². The first-order chi connectivity index (χ1) is 7.68. The van der Waals surface area contributed by atoms with Crippen molar-refractivity contribution in [2.24, 2.45) is 0 Å². The Morgan fingerprint density at radius 2 is 2.38 bits per heavy atom. The Hall–Kier alpha value is -0.810. The minimum atomic E-state index is -0.333. The molecule has 0 aromatic heterocycles. The number of hydrogen-bond acceptors (Lipinski definition) is 4. The molecule has 0 aromatic rings. The number of carbonyl (C=O) groups excluding carboxylic acids is 1. The van der Waals surface area contributed by atoms with E-state index in [1.54, 1.807) is 0 Å². The highest BCUT2D eigenvalue weighted by atomic mass is 16.5. The summed E-state index contributed by atoms with van der Waals surface area (Å²) >= 11 is 0. The highest BCUT2D eigenvalue weighted by Crippen LogP contribution is 2.03. The van der Waals surface area contributed by atoms with Gasteiger partial charge in [0, 0.05) is 12.6 Å². The second kappa shape index (κ2) is 7.46. The van der Waals surface area contributed by atoms with Gasteiger partial charge in [0.2, 0.25) is 0 Å². The second-order valence-corrected chi connectivity index (χ2v) is 4.30. The molecule has 0 aromatic carbocycles. The molecule has 1 aliphatic rings. The maximum Gasteiger partial charge on any atom is 0.407 e. The van der Waals surface area contributed by atoms with Crippen LogP contribution in [0.15, 0.2) is 0 Å². The molecule has 1 aliphatic heterocycles. The fourth-order valence-corrected chi connectivity index (χ4v) is 1.48. The number of amides is 1. The van der Waals surface area contributed by atoms with Gasteiger partial charge in [-0.25, -0.2) is 4.79 Å². The smallest absolute Gasteiger partial charge is 0.407 e. The van der Waals surface area contributed by atoms with Crippen LogP contribution < -0.4 is 10.6 Å². The first-order valence-corrected chi connectivity index (χ1v) is 5.93. The summed E-state index contributed by atoms with van der Waals surface area (Å²) in [7, 11) is 0. The van der Waals surface area contributed by atoms with Crippen LogP contribution in [0.5, 0.6) is 0 Å². The SMILES string of the molecule is CC(C)NCCCOC(=O)NC1CCOC1. The third-order valence-corrected chi connectivity index (χ3v) is 2.36. The number of hydrogen-bond donors (Lipinski definition) is 2. The zero-order valence-electron chi connectivity index (χ0n) is 10.1. The lowest BCUT2D eigenvalue weighted by Crippen LogP contribution is -2.36. The number of ether oxygens (including phenoxy) is 2. The molecule has 1 unspecified atom stereocenters. The van der Waals surface area contributed by atoms with E-state index in [1.807, 2.05) is 0 Å². The Morgan fingerprint density at radius 1 is 1.56 bits per heavy atom. The van der Waals surface area contributed by atoms with Crippen molar-refractivity contribution >= 4 is 6.09 Å². The van der Waals surface area contributed by atoms with Crippen LogP contribution in [-0.2, 0) is 9.47 Å². The largest absolute Gasteiger partial charge is 0.450 e. The summed E-state index contributed by atoms with van der Waals surface area (Å²) in [5, 5.41) is 6.03. The van der Waals surface area contributed by atoms with Gasteiger partial charge < -0.3 is 20.1 Å². The van der Waals surface area contributed by atoms with Gasteiger partial charge in [0.1, 0.15) is 0 Å². The maximum absolute atomic E-state index is 11.3. The molecule has 0 saturated carbocycles. The van der Waals surface area contributed by atoms with E-state index in [-0.39, 0.29) is 12.1 Å². The third-order valence-electron chi connectivity index (χ3n) is 2.36. The van der Waals surface area contributed by atoms with Gasteiger partial charge in [-0.1, -0.05) is 13.8 Å². The lowest BCUT2D eigenvalue weighted by Gasteiger charge is -2.11. The Balaban J connectivity index is 1.93. The average Bonchev–Trinajstić information content (AvgIpc) is 2.69. The van der Waals surface area contributed by atoms with Crippen molar-refractivity contribution in [2.75, 3.05) is 26.4 Å². The summed E-state index contributed by atoms with van der Waals surface area (Å²) in [5.74, 6) is 0. The van der Waals surface area contributed by atoms with Gasteiger partial charge in [0.15, 0.2) is 0 Å². The second-order valence-electron chi connectivity index (χ2n) is 4.30. The number of rotatable bonds is 6. The van der Waals surface area contributed by atoms with Gasteiger partial charge in [-0.2, -0.15) is 0 Å². The quantitative estimate of drug-likeness (QED) is 0.665. The van der Waals surface area contributed by atoms with Crippen molar-refractivity contribution in [3.05, 3.63) is 0 Å². The predicted octanol–water partition coefficient (Wildman–Crippen LogP) is 0.890. The predicted molar refractivity (Wildman–Crippen MR) is 61.5 cm³/mol. The van der Waals surface area contributed by atoms with Crippen molar-refractivity contribution in [1.29, 1.82) is 0 Å². The standard InChI is InChI=1S/C11H22N2O3/c1-9(2)12-5-3-6-16-11(14)13-10-4-7-15-8-10/h9-10,12H,3-8H2,1-2H3,(H,13,14). The van der Waals surface area contributed by atoms with E-state index < -0.39 is 0 Å². The Kier molecular flexibility index (Phi) is 6.18. The fraction of sp³-hybridized carbons (Fsp3) is 0.909. The van der Waals surface area contributed by atoms with Gasteiger partial charge in [-0.05, 0) is 19.4 Å². The molecule has 1 saturated heterocycles. The van der Waals surface area contributed by atoms with E-state index in [9.17, 15) is 4.79 Å². The first kappa shape index (κ1) is 13.3. The zero-order valence-corrected chi connectivity index (χ0v) is 10.1. The summed E-state index contributed by atoms with van der Waals surface area (Å²) in [4.78, 5) is 11.3. The van der Waals surface area contributed by atoms with E-state index >= 15 is 0 Å². The van der Waals surface area contributed by atoms with Crippen LogP contribution in [0, 0.1) is 0 Å². The van der Waals surface area contributed by atoms with E-state index in [4.69, 9.17) is 9.47 Å². The highest BCUT2D eigenvalue weighted by molar-refractivity contribution is 5.67. The van der Waals surface area contributed by atoms with Crippen molar-refractivity contribution in [3.8, 4) is 0 Å². The van der Waals surface area contributed by atoms with Crippen LogP contribution in [-0.4, -0.2) is 44.5 Å². The van der Waals surface area contributed by atoms with Crippen molar-refractivity contribution in [2.45, 2.75) is 38.8 Å². The van der Waals surface area contributed by atoms with Gasteiger partial charge in [-0.15, -0.1) is 0 Å². The summed E-state index contributed by atoms with van der Waals surface area (Å²) in [5.41, 5.74) is 0.